The monoisotopic (exact) mass is 235 g/mol. The molecule has 0 saturated carbocycles. The van der Waals surface area contributed by atoms with E-state index in [1.807, 2.05) is 30.3 Å². The van der Waals surface area contributed by atoms with Crippen LogP contribution in [0.25, 0.3) is 0 Å². The Morgan fingerprint density at radius 2 is 1.71 bits per heavy atom. The van der Waals surface area contributed by atoms with Gasteiger partial charge in [-0.2, -0.15) is 0 Å². The first-order valence-corrected chi connectivity index (χ1v) is 6.73. The lowest BCUT2D eigenvalue weighted by molar-refractivity contribution is 0.211. The maximum atomic E-state index is 5.84. The molecule has 0 spiro atoms. The van der Waals surface area contributed by atoms with E-state index in [9.17, 15) is 0 Å². The number of para-hydroxylation sites is 1. The van der Waals surface area contributed by atoms with Crippen LogP contribution in [-0.2, 0) is 0 Å². The molecule has 0 amide bonds. The Hall–Kier alpha value is -1.02. The summed E-state index contributed by atoms with van der Waals surface area (Å²) in [6.07, 6.45) is 2.40. The predicted molar refractivity (Wildman–Crippen MR) is 73.5 cm³/mol. The Morgan fingerprint density at radius 1 is 1.06 bits per heavy atom. The molecule has 0 bridgehead atoms. The van der Waals surface area contributed by atoms with Crippen molar-refractivity contribution in [3.05, 3.63) is 30.3 Å². The number of ether oxygens (including phenoxy) is 1. The molecule has 1 rings (SSSR count). The van der Waals surface area contributed by atoms with Gasteiger partial charge in [-0.15, -0.1) is 0 Å². The van der Waals surface area contributed by atoms with E-state index in [1.165, 1.54) is 12.8 Å². The number of benzene rings is 1. The average molecular weight is 235 g/mol. The molecule has 0 aliphatic carbocycles. The van der Waals surface area contributed by atoms with Crippen LogP contribution in [0.3, 0.4) is 0 Å². The summed E-state index contributed by atoms with van der Waals surface area (Å²) in [5.74, 6) is 1.65. The fourth-order valence-electron chi connectivity index (χ4n) is 2.18. The predicted octanol–water partition coefficient (Wildman–Crippen LogP) is 3.48. The fourth-order valence-corrected chi connectivity index (χ4v) is 2.18. The molecule has 1 aromatic carbocycles. The molecule has 0 fully saturated rings. The third-order valence-corrected chi connectivity index (χ3v) is 3.26. The summed E-state index contributed by atoms with van der Waals surface area (Å²) in [6, 6.07) is 10.5. The van der Waals surface area contributed by atoms with Crippen molar-refractivity contribution in [2.75, 3.05) is 13.2 Å². The number of rotatable bonds is 8. The second kappa shape index (κ2) is 8.13. The minimum atomic E-state index is 0.454. The largest absolute Gasteiger partial charge is 0.492 e. The van der Waals surface area contributed by atoms with Gasteiger partial charge in [0.25, 0.3) is 0 Å². The normalized spacial score (nSPS) is 12.7. The number of likely N-dealkylation sites (N-methyl/N-ethyl adjacent to an activating group) is 1. The van der Waals surface area contributed by atoms with Crippen LogP contribution >= 0.6 is 0 Å². The Bertz CT molecular complexity index is 282. The highest BCUT2D eigenvalue weighted by molar-refractivity contribution is 5.20. The van der Waals surface area contributed by atoms with Gasteiger partial charge in [-0.05, 0) is 24.6 Å². The highest BCUT2D eigenvalue weighted by atomic mass is 16.5. The van der Waals surface area contributed by atoms with Gasteiger partial charge in [0.2, 0.25) is 0 Å². The molecule has 2 nitrogen and oxygen atoms in total. The molecule has 17 heavy (non-hydrogen) atoms. The van der Waals surface area contributed by atoms with E-state index in [0.29, 0.717) is 12.0 Å². The number of hydrogen-bond acceptors (Lipinski definition) is 2. The maximum absolute atomic E-state index is 5.84. The first-order valence-electron chi connectivity index (χ1n) is 6.73. The Kier molecular flexibility index (Phi) is 6.71. The van der Waals surface area contributed by atoms with E-state index in [0.717, 1.165) is 18.9 Å². The summed E-state index contributed by atoms with van der Waals surface area (Å²) >= 11 is 0. The maximum Gasteiger partial charge on any atom is 0.119 e. The van der Waals surface area contributed by atoms with Crippen LogP contribution in [0.2, 0.25) is 0 Å². The van der Waals surface area contributed by atoms with Crippen molar-refractivity contribution in [1.29, 1.82) is 0 Å². The highest BCUT2D eigenvalue weighted by Gasteiger charge is 2.17. The van der Waals surface area contributed by atoms with Gasteiger partial charge in [0, 0.05) is 6.04 Å². The summed E-state index contributed by atoms with van der Waals surface area (Å²) in [6.45, 7) is 8.41. The second-order valence-corrected chi connectivity index (χ2v) is 4.36. The van der Waals surface area contributed by atoms with Crippen LogP contribution in [0, 0.1) is 5.92 Å². The Morgan fingerprint density at radius 3 is 2.24 bits per heavy atom. The fraction of sp³-hybridized carbons (Fsp3) is 0.600. The third kappa shape index (κ3) is 4.78. The minimum absolute atomic E-state index is 0.454. The van der Waals surface area contributed by atoms with Gasteiger partial charge in [0.1, 0.15) is 12.4 Å². The Labute approximate surface area is 105 Å². The summed E-state index contributed by atoms with van der Waals surface area (Å²) in [5.41, 5.74) is 0. The van der Waals surface area contributed by atoms with Crippen molar-refractivity contribution in [2.24, 2.45) is 5.92 Å². The van der Waals surface area contributed by atoms with E-state index < -0.39 is 0 Å². The van der Waals surface area contributed by atoms with Crippen molar-refractivity contribution >= 4 is 0 Å². The van der Waals surface area contributed by atoms with Crippen LogP contribution in [0.15, 0.2) is 30.3 Å². The van der Waals surface area contributed by atoms with E-state index in [1.54, 1.807) is 0 Å². The second-order valence-electron chi connectivity index (χ2n) is 4.36. The molecule has 0 aliphatic heterocycles. The van der Waals surface area contributed by atoms with Gasteiger partial charge in [0.05, 0.1) is 0 Å². The van der Waals surface area contributed by atoms with Gasteiger partial charge in [0.15, 0.2) is 0 Å². The van der Waals surface area contributed by atoms with Gasteiger partial charge in [-0.3, -0.25) is 0 Å². The number of nitrogens with one attached hydrogen (secondary N) is 1. The van der Waals surface area contributed by atoms with Crippen LogP contribution in [0.5, 0.6) is 5.75 Å². The quantitative estimate of drug-likeness (QED) is 0.745. The molecule has 0 aromatic heterocycles. The molecular weight excluding hydrogens is 210 g/mol. The molecule has 0 saturated heterocycles. The molecule has 2 heteroatoms. The summed E-state index contributed by atoms with van der Waals surface area (Å²) in [7, 11) is 0. The van der Waals surface area contributed by atoms with E-state index in [-0.39, 0.29) is 0 Å². The van der Waals surface area contributed by atoms with Crippen LogP contribution in [-0.4, -0.2) is 19.2 Å². The SMILES string of the molecule is CCNC(COc1ccccc1)C(CC)CC. The average Bonchev–Trinajstić information content (AvgIpc) is 2.38. The highest BCUT2D eigenvalue weighted by Crippen LogP contribution is 2.15. The van der Waals surface area contributed by atoms with Crippen molar-refractivity contribution in [3.63, 3.8) is 0 Å². The zero-order valence-corrected chi connectivity index (χ0v) is 11.3. The lowest BCUT2D eigenvalue weighted by Crippen LogP contribution is -2.40. The van der Waals surface area contributed by atoms with E-state index in [2.05, 4.69) is 26.1 Å². The van der Waals surface area contributed by atoms with Crippen LogP contribution in [0.1, 0.15) is 33.6 Å². The lowest BCUT2D eigenvalue weighted by atomic mass is 9.94. The molecule has 0 heterocycles. The molecule has 1 aromatic rings. The summed E-state index contributed by atoms with van der Waals surface area (Å²) < 4.78 is 5.84. The lowest BCUT2D eigenvalue weighted by Gasteiger charge is -2.26. The van der Waals surface area contributed by atoms with Crippen molar-refractivity contribution < 1.29 is 4.74 Å². The van der Waals surface area contributed by atoms with Crippen LogP contribution < -0.4 is 10.1 Å². The van der Waals surface area contributed by atoms with E-state index in [4.69, 9.17) is 4.74 Å². The molecule has 1 unspecified atom stereocenters. The van der Waals surface area contributed by atoms with Gasteiger partial charge >= 0.3 is 0 Å². The minimum Gasteiger partial charge on any atom is -0.492 e. The van der Waals surface area contributed by atoms with Gasteiger partial charge in [-0.1, -0.05) is 51.8 Å². The number of hydrogen-bond donors (Lipinski definition) is 1. The molecule has 0 aliphatic rings. The first kappa shape index (κ1) is 14.0. The smallest absolute Gasteiger partial charge is 0.119 e. The zero-order chi connectivity index (χ0) is 12.5. The van der Waals surface area contributed by atoms with Crippen molar-refractivity contribution in [2.45, 2.75) is 39.7 Å². The molecule has 1 atom stereocenters. The van der Waals surface area contributed by atoms with Crippen molar-refractivity contribution in [1.82, 2.24) is 5.32 Å². The summed E-state index contributed by atoms with van der Waals surface area (Å²) in [4.78, 5) is 0. The van der Waals surface area contributed by atoms with Crippen molar-refractivity contribution in [3.8, 4) is 5.75 Å². The first-order chi connectivity index (χ1) is 8.31. The summed E-state index contributed by atoms with van der Waals surface area (Å²) in [5, 5.41) is 3.53. The Balaban J connectivity index is 2.49. The molecule has 1 N–H and O–H groups in total. The molecular formula is C15H25NO. The van der Waals surface area contributed by atoms with Gasteiger partial charge < -0.3 is 10.1 Å². The standard InChI is InChI=1S/C15H25NO/c1-4-13(5-2)15(16-6-3)12-17-14-10-8-7-9-11-14/h7-11,13,15-16H,4-6,12H2,1-3H3. The zero-order valence-electron chi connectivity index (χ0n) is 11.3. The molecule has 96 valence electrons. The molecule has 0 radical (unpaired) electrons. The van der Waals surface area contributed by atoms with Gasteiger partial charge in [-0.25, -0.2) is 0 Å². The van der Waals surface area contributed by atoms with Crippen LogP contribution in [0.4, 0.5) is 0 Å². The third-order valence-electron chi connectivity index (χ3n) is 3.26. The topological polar surface area (TPSA) is 21.3 Å². The van der Waals surface area contributed by atoms with E-state index >= 15 is 0 Å².